The lowest BCUT2D eigenvalue weighted by molar-refractivity contribution is 0.0952. The van der Waals surface area contributed by atoms with E-state index in [2.05, 4.69) is 15.3 Å². The number of carbonyl (C=O) groups is 1. The number of amides is 1. The number of fused-ring (bicyclic) bond motifs is 2. The van der Waals surface area contributed by atoms with E-state index in [1.165, 1.54) is 11.6 Å². The largest absolute Gasteiger partial charge is 0.486 e. The van der Waals surface area contributed by atoms with Crippen molar-refractivity contribution in [3.63, 3.8) is 0 Å². The van der Waals surface area contributed by atoms with Gasteiger partial charge < -0.3 is 19.8 Å². The lowest BCUT2D eigenvalue weighted by atomic mass is 10.1. The average Bonchev–Trinajstić information content (AvgIpc) is 3.17. The Hall–Kier alpha value is -3.56. The number of aromatic nitrogens is 4. The van der Waals surface area contributed by atoms with E-state index >= 15 is 0 Å². The van der Waals surface area contributed by atoms with Crippen molar-refractivity contribution in [2.24, 2.45) is 14.1 Å². The van der Waals surface area contributed by atoms with Gasteiger partial charge in [0, 0.05) is 32.6 Å². The third-order valence-corrected chi connectivity index (χ3v) is 4.82. The maximum absolute atomic E-state index is 12.3. The molecule has 10 heteroatoms. The molecule has 1 aromatic carbocycles. The zero-order chi connectivity index (χ0) is 20.5. The molecule has 0 radical (unpaired) electrons. The number of rotatable bonds is 5. The molecule has 0 aliphatic carbocycles. The third-order valence-electron chi connectivity index (χ3n) is 4.82. The highest BCUT2D eigenvalue weighted by molar-refractivity contribution is 5.94. The number of carbonyl (C=O) groups excluding carboxylic acids is 1. The second-order valence-electron chi connectivity index (χ2n) is 6.81. The van der Waals surface area contributed by atoms with E-state index in [-0.39, 0.29) is 5.91 Å². The van der Waals surface area contributed by atoms with Crippen LogP contribution in [0.5, 0.6) is 11.5 Å². The van der Waals surface area contributed by atoms with Crippen molar-refractivity contribution in [2.45, 2.75) is 12.8 Å². The molecule has 3 heterocycles. The minimum Gasteiger partial charge on any atom is -0.486 e. The molecule has 3 aromatic rings. The number of hydrogen-bond acceptors (Lipinski definition) is 6. The molecule has 0 unspecified atom stereocenters. The van der Waals surface area contributed by atoms with Gasteiger partial charge in [-0.2, -0.15) is 0 Å². The second kappa shape index (κ2) is 7.46. The zero-order valence-electron chi connectivity index (χ0n) is 16.2. The molecule has 10 nitrogen and oxygen atoms in total. The Kier molecular flexibility index (Phi) is 4.83. The number of ether oxygens (including phenoxy) is 2. The first-order valence-electron chi connectivity index (χ1n) is 9.28. The molecule has 1 aliphatic rings. The van der Waals surface area contributed by atoms with Crippen LogP contribution >= 0.6 is 0 Å². The monoisotopic (exact) mass is 399 g/mol. The number of hydrogen-bond donors (Lipinski definition) is 2. The Morgan fingerprint density at radius 3 is 2.72 bits per heavy atom. The van der Waals surface area contributed by atoms with E-state index in [1.54, 1.807) is 25.2 Å². The number of nitrogens with one attached hydrogen (secondary N) is 2. The predicted octanol–water partition coefficient (Wildman–Crippen LogP) is 0.0941. The lowest BCUT2D eigenvalue weighted by Gasteiger charge is -2.18. The SMILES string of the molecule is Cn1c(=O)c2[nH]c(CCCNC(=O)c3ccc4c(c3)OCCO4)nc2n(C)c1=O. The van der Waals surface area contributed by atoms with Crippen molar-refractivity contribution in [1.82, 2.24) is 24.4 Å². The van der Waals surface area contributed by atoms with E-state index in [0.717, 1.165) is 4.57 Å². The maximum atomic E-state index is 12.3. The third kappa shape index (κ3) is 3.48. The number of H-pyrrole nitrogens is 1. The number of benzene rings is 1. The first-order valence-corrected chi connectivity index (χ1v) is 9.28. The fourth-order valence-electron chi connectivity index (χ4n) is 3.24. The molecular formula is C19H21N5O5. The van der Waals surface area contributed by atoms with Crippen molar-refractivity contribution < 1.29 is 14.3 Å². The molecule has 0 saturated heterocycles. The molecule has 29 heavy (non-hydrogen) atoms. The standard InChI is InChI=1S/C19H21N5O5/c1-23-16-15(18(26)24(2)19(23)27)21-14(22-16)4-3-7-20-17(25)11-5-6-12-13(10-11)29-9-8-28-12/h5-6,10H,3-4,7-9H2,1-2H3,(H,20,25)(H,21,22). The highest BCUT2D eigenvalue weighted by Crippen LogP contribution is 2.30. The Labute approximate surface area is 165 Å². The van der Waals surface area contributed by atoms with Crippen molar-refractivity contribution >= 4 is 17.1 Å². The topological polar surface area (TPSA) is 120 Å². The average molecular weight is 399 g/mol. The summed E-state index contributed by atoms with van der Waals surface area (Å²) in [5.74, 6) is 1.59. The molecule has 0 fully saturated rings. The van der Waals surface area contributed by atoms with Gasteiger partial charge in [-0.1, -0.05) is 0 Å². The number of aryl methyl sites for hydroxylation is 2. The van der Waals surface area contributed by atoms with Crippen molar-refractivity contribution in [1.29, 1.82) is 0 Å². The molecule has 2 N–H and O–H groups in total. The second-order valence-corrected chi connectivity index (χ2v) is 6.81. The van der Waals surface area contributed by atoms with Crippen LogP contribution in [0, 0.1) is 0 Å². The van der Waals surface area contributed by atoms with Crippen LogP contribution in [0.15, 0.2) is 27.8 Å². The molecule has 0 bridgehead atoms. The molecule has 0 saturated carbocycles. The van der Waals surface area contributed by atoms with Gasteiger partial charge in [0.2, 0.25) is 0 Å². The minimum atomic E-state index is -0.424. The van der Waals surface area contributed by atoms with Crippen LogP contribution in [-0.2, 0) is 20.5 Å². The fraction of sp³-hybridized carbons (Fsp3) is 0.368. The van der Waals surface area contributed by atoms with E-state index in [0.29, 0.717) is 66.7 Å². The summed E-state index contributed by atoms with van der Waals surface area (Å²) in [6, 6.07) is 5.08. The maximum Gasteiger partial charge on any atom is 0.332 e. The summed E-state index contributed by atoms with van der Waals surface area (Å²) in [6.45, 7) is 1.39. The summed E-state index contributed by atoms with van der Waals surface area (Å²) >= 11 is 0. The van der Waals surface area contributed by atoms with Crippen LogP contribution < -0.4 is 26.0 Å². The highest BCUT2D eigenvalue weighted by Gasteiger charge is 2.15. The quantitative estimate of drug-likeness (QED) is 0.587. The summed E-state index contributed by atoms with van der Waals surface area (Å²) < 4.78 is 13.3. The normalized spacial score (nSPS) is 12.9. The highest BCUT2D eigenvalue weighted by atomic mass is 16.6. The zero-order valence-corrected chi connectivity index (χ0v) is 16.2. The van der Waals surface area contributed by atoms with Gasteiger partial charge >= 0.3 is 5.69 Å². The fourth-order valence-corrected chi connectivity index (χ4v) is 3.24. The van der Waals surface area contributed by atoms with Gasteiger partial charge in [-0.3, -0.25) is 18.7 Å². The van der Waals surface area contributed by atoms with E-state index < -0.39 is 11.2 Å². The van der Waals surface area contributed by atoms with Gasteiger partial charge in [0.15, 0.2) is 17.1 Å². The van der Waals surface area contributed by atoms with Crippen molar-refractivity contribution in [3.05, 3.63) is 50.4 Å². The smallest absolute Gasteiger partial charge is 0.332 e. The van der Waals surface area contributed by atoms with Gasteiger partial charge in [-0.25, -0.2) is 9.78 Å². The van der Waals surface area contributed by atoms with Crippen LogP contribution in [0.3, 0.4) is 0 Å². The van der Waals surface area contributed by atoms with Crippen LogP contribution in [0.25, 0.3) is 11.2 Å². The Balaban J connectivity index is 1.38. The summed E-state index contributed by atoms with van der Waals surface area (Å²) in [5, 5.41) is 2.85. The summed E-state index contributed by atoms with van der Waals surface area (Å²) in [5.41, 5.74) is 0.288. The molecule has 4 rings (SSSR count). The number of aromatic amines is 1. The van der Waals surface area contributed by atoms with Gasteiger partial charge in [0.25, 0.3) is 11.5 Å². The van der Waals surface area contributed by atoms with E-state index in [9.17, 15) is 14.4 Å². The molecule has 0 spiro atoms. The lowest BCUT2D eigenvalue weighted by Crippen LogP contribution is -2.36. The molecule has 1 amide bonds. The first kappa shape index (κ1) is 18.8. The van der Waals surface area contributed by atoms with E-state index in [4.69, 9.17) is 9.47 Å². The van der Waals surface area contributed by atoms with Gasteiger partial charge in [-0.05, 0) is 24.6 Å². The Morgan fingerprint density at radius 1 is 1.17 bits per heavy atom. The van der Waals surface area contributed by atoms with Crippen LogP contribution in [0.2, 0.25) is 0 Å². The van der Waals surface area contributed by atoms with Crippen LogP contribution in [-0.4, -0.2) is 44.8 Å². The van der Waals surface area contributed by atoms with Crippen molar-refractivity contribution in [3.8, 4) is 11.5 Å². The first-order chi connectivity index (χ1) is 14.0. The number of nitrogens with zero attached hydrogens (tertiary/aromatic N) is 3. The van der Waals surface area contributed by atoms with Crippen molar-refractivity contribution in [2.75, 3.05) is 19.8 Å². The molecule has 1 aliphatic heterocycles. The van der Waals surface area contributed by atoms with Crippen LogP contribution in [0.1, 0.15) is 22.6 Å². The molecule has 0 atom stereocenters. The predicted molar refractivity (Wildman–Crippen MR) is 105 cm³/mol. The molecular weight excluding hydrogens is 378 g/mol. The number of imidazole rings is 1. The summed E-state index contributed by atoms with van der Waals surface area (Å²) in [6.07, 6.45) is 1.14. The minimum absolute atomic E-state index is 0.206. The van der Waals surface area contributed by atoms with Gasteiger partial charge in [0.05, 0.1) is 0 Å². The summed E-state index contributed by atoms with van der Waals surface area (Å²) in [7, 11) is 3.00. The molecule has 2 aromatic heterocycles. The Morgan fingerprint density at radius 2 is 1.93 bits per heavy atom. The molecule has 152 valence electrons. The van der Waals surface area contributed by atoms with Crippen LogP contribution in [0.4, 0.5) is 0 Å². The van der Waals surface area contributed by atoms with E-state index in [1.807, 2.05) is 0 Å². The Bertz CT molecular complexity index is 1210. The van der Waals surface area contributed by atoms with Gasteiger partial charge in [0.1, 0.15) is 24.6 Å². The summed E-state index contributed by atoms with van der Waals surface area (Å²) in [4.78, 5) is 43.8. The van der Waals surface area contributed by atoms with Gasteiger partial charge in [-0.15, -0.1) is 0 Å².